The molecule has 0 saturated carbocycles. The molecule has 1 aliphatic rings. The van der Waals surface area contributed by atoms with E-state index >= 15 is 0 Å². The van der Waals surface area contributed by atoms with Gasteiger partial charge >= 0.3 is 5.92 Å². The van der Waals surface area contributed by atoms with E-state index in [1.54, 1.807) is 25.3 Å². The van der Waals surface area contributed by atoms with Crippen molar-refractivity contribution in [2.24, 2.45) is 5.92 Å². The van der Waals surface area contributed by atoms with Crippen LogP contribution in [0.1, 0.15) is 32.3 Å². The van der Waals surface area contributed by atoms with Crippen molar-refractivity contribution >= 4 is 28.4 Å². The molecular weight excluding hydrogens is 430 g/mol. The molecule has 1 N–H and O–H groups in total. The Morgan fingerprint density at radius 3 is 2.58 bits per heavy atom. The summed E-state index contributed by atoms with van der Waals surface area (Å²) in [5.41, 5.74) is 1.01. The van der Waals surface area contributed by atoms with Gasteiger partial charge in [-0.15, -0.1) is 5.10 Å². The summed E-state index contributed by atoms with van der Waals surface area (Å²) in [6.45, 7) is 7.56. The predicted molar refractivity (Wildman–Crippen MR) is 122 cm³/mol. The van der Waals surface area contributed by atoms with E-state index in [1.165, 1.54) is 11.6 Å². The maximum atomic E-state index is 14.0. The van der Waals surface area contributed by atoms with Crippen LogP contribution < -0.4 is 10.2 Å². The first-order valence-corrected chi connectivity index (χ1v) is 10.8. The zero-order chi connectivity index (χ0) is 24.1. The highest BCUT2D eigenvalue weighted by molar-refractivity contribution is 5.95. The number of amides is 1. The van der Waals surface area contributed by atoms with Crippen LogP contribution in [0.25, 0.3) is 16.7 Å². The molecule has 9 nitrogen and oxygen atoms in total. The molecule has 0 radical (unpaired) electrons. The van der Waals surface area contributed by atoms with E-state index in [1.807, 2.05) is 0 Å². The van der Waals surface area contributed by atoms with Crippen molar-refractivity contribution < 1.29 is 13.6 Å². The third-order valence-electron chi connectivity index (χ3n) is 5.84. The Bertz CT molecular complexity index is 1200. The molecule has 4 rings (SSSR count). The number of pyridine rings is 1. The van der Waals surface area contributed by atoms with E-state index in [0.29, 0.717) is 34.8 Å². The molecule has 11 heteroatoms. The molecule has 0 spiro atoms. The molecule has 2 unspecified atom stereocenters. The lowest BCUT2D eigenvalue weighted by atomic mass is 10.1. The summed E-state index contributed by atoms with van der Waals surface area (Å²) in [7, 11) is 4.11. The van der Waals surface area contributed by atoms with Gasteiger partial charge in [-0.3, -0.25) is 4.79 Å². The Morgan fingerprint density at radius 2 is 1.97 bits per heavy atom. The number of halogens is 2. The van der Waals surface area contributed by atoms with E-state index < -0.39 is 11.7 Å². The van der Waals surface area contributed by atoms with Gasteiger partial charge in [-0.25, -0.2) is 19.6 Å². The number of nitrogens with one attached hydrogen (secondary N) is 1. The van der Waals surface area contributed by atoms with Crippen LogP contribution in [0.3, 0.4) is 0 Å². The van der Waals surface area contributed by atoms with Gasteiger partial charge in [-0.1, -0.05) is 6.92 Å². The van der Waals surface area contributed by atoms with E-state index in [9.17, 15) is 13.6 Å². The zero-order valence-corrected chi connectivity index (χ0v) is 19.6. The summed E-state index contributed by atoms with van der Waals surface area (Å²) >= 11 is 0. The van der Waals surface area contributed by atoms with Crippen LogP contribution in [0.5, 0.6) is 0 Å². The van der Waals surface area contributed by atoms with Crippen LogP contribution in [0.2, 0.25) is 0 Å². The van der Waals surface area contributed by atoms with Crippen molar-refractivity contribution in [1.82, 2.24) is 29.6 Å². The number of hydrogen-bond donors (Lipinski definition) is 1. The second-order valence-electron chi connectivity index (χ2n) is 9.00. The SMILES string of the molecule is CC(=O)Nc1cc2c(cn1)c(N1CC(C)C(N(C)C)C1)nn2-c1cc(C)nc(C(C)(F)F)n1. The van der Waals surface area contributed by atoms with Crippen LogP contribution in [0.15, 0.2) is 18.3 Å². The van der Waals surface area contributed by atoms with Crippen molar-refractivity contribution in [2.75, 3.05) is 37.4 Å². The largest absolute Gasteiger partial charge is 0.353 e. The van der Waals surface area contributed by atoms with E-state index in [4.69, 9.17) is 5.10 Å². The van der Waals surface area contributed by atoms with Gasteiger partial charge in [0.1, 0.15) is 5.82 Å². The van der Waals surface area contributed by atoms with E-state index in [-0.39, 0.29) is 11.7 Å². The lowest BCUT2D eigenvalue weighted by Crippen LogP contribution is -2.34. The molecule has 3 aromatic heterocycles. The van der Waals surface area contributed by atoms with Gasteiger partial charge in [-0.2, -0.15) is 8.78 Å². The number of carbonyl (C=O) groups is 1. The highest BCUT2D eigenvalue weighted by Crippen LogP contribution is 2.34. The van der Waals surface area contributed by atoms with Gasteiger partial charge in [0.2, 0.25) is 11.7 Å². The zero-order valence-electron chi connectivity index (χ0n) is 19.6. The van der Waals surface area contributed by atoms with Gasteiger partial charge < -0.3 is 15.1 Å². The monoisotopic (exact) mass is 458 g/mol. The molecule has 1 amide bonds. The normalized spacial score (nSPS) is 19.0. The quantitative estimate of drug-likeness (QED) is 0.628. The number of carbonyl (C=O) groups excluding carboxylic acids is 1. The Balaban J connectivity index is 1.89. The molecule has 2 atom stereocenters. The number of hydrogen-bond acceptors (Lipinski definition) is 7. The molecule has 4 heterocycles. The topological polar surface area (TPSA) is 92.1 Å². The maximum Gasteiger partial charge on any atom is 0.303 e. The summed E-state index contributed by atoms with van der Waals surface area (Å²) in [4.78, 5) is 28.3. The Kier molecular flexibility index (Phi) is 5.77. The van der Waals surface area contributed by atoms with E-state index in [0.717, 1.165) is 25.4 Å². The molecule has 0 aliphatic carbocycles. The number of rotatable bonds is 5. The Morgan fingerprint density at radius 1 is 1.24 bits per heavy atom. The lowest BCUT2D eigenvalue weighted by molar-refractivity contribution is -0.114. The first-order chi connectivity index (χ1) is 15.4. The molecule has 0 bridgehead atoms. The Hall–Kier alpha value is -3.21. The number of aromatic nitrogens is 5. The molecule has 1 saturated heterocycles. The summed E-state index contributed by atoms with van der Waals surface area (Å²) in [6, 6.07) is 3.64. The fraction of sp³-hybridized carbons (Fsp3) is 0.500. The maximum absolute atomic E-state index is 14.0. The Labute approximate surface area is 190 Å². The van der Waals surface area contributed by atoms with Crippen LogP contribution >= 0.6 is 0 Å². The second kappa shape index (κ2) is 8.29. The minimum atomic E-state index is -3.20. The molecule has 3 aromatic rings. The fourth-order valence-corrected chi connectivity index (χ4v) is 4.30. The van der Waals surface area contributed by atoms with Crippen molar-refractivity contribution in [3.05, 3.63) is 29.8 Å². The molecule has 0 aromatic carbocycles. The van der Waals surface area contributed by atoms with Gasteiger partial charge in [-0.05, 0) is 26.9 Å². The first kappa shape index (κ1) is 23.0. The van der Waals surface area contributed by atoms with Crippen molar-refractivity contribution in [2.45, 2.75) is 39.7 Å². The standard InChI is InChI=1S/C22H28F2N8O/c1-12-10-31(11-17(12)30(5)6)20-15-9-25-18(27-14(3)33)8-16(15)32(29-20)19-7-13(2)26-21(28-19)22(4,23)24/h7-9,12,17H,10-11H2,1-6H3,(H,25,27,33). The molecule has 1 fully saturated rings. The average Bonchev–Trinajstić information content (AvgIpc) is 3.26. The highest BCUT2D eigenvalue weighted by atomic mass is 19.3. The molecule has 33 heavy (non-hydrogen) atoms. The number of fused-ring (bicyclic) bond motifs is 1. The van der Waals surface area contributed by atoms with Crippen LogP contribution in [0.4, 0.5) is 20.4 Å². The number of nitrogens with zero attached hydrogens (tertiary/aromatic N) is 7. The van der Waals surface area contributed by atoms with Crippen molar-refractivity contribution in [3.8, 4) is 5.82 Å². The van der Waals surface area contributed by atoms with Gasteiger partial charge in [0.15, 0.2) is 11.6 Å². The van der Waals surface area contributed by atoms with Crippen molar-refractivity contribution in [3.63, 3.8) is 0 Å². The fourth-order valence-electron chi connectivity index (χ4n) is 4.30. The summed E-state index contributed by atoms with van der Waals surface area (Å²) in [6.07, 6.45) is 1.65. The predicted octanol–water partition coefficient (Wildman–Crippen LogP) is 2.98. The van der Waals surface area contributed by atoms with Gasteiger partial charge in [0.05, 0.1) is 10.9 Å². The third-order valence-corrected chi connectivity index (χ3v) is 5.84. The molecule has 1 aliphatic heterocycles. The lowest BCUT2D eigenvalue weighted by Gasteiger charge is -2.22. The summed E-state index contributed by atoms with van der Waals surface area (Å²) < 4.78 is 29.6. The smallest absolute Gasteiger partial charge is 0.303 e. The number of anilines is 2. The van der Waals surface area contributed by atoms with Crippen LogP contribution in [-0.4, -0.2) is 68.8 Å². The number of aryl methyl sites for hydroxylation is 1. The van der Waals surface area contributed by atoms with Gasteiger partial charge in [0, 0.05) is 57.0 Å². The van der Waals surface area contributed by atoms with Crippen LogP contribution in [0, 0.1) is 12.8 Å². The number of likely N-dealkylation sites (N-methyl/N-ethyl adjacent to an activating group) is 1. The summed E-state index contributed by atoms with van der Waals surface area (Å²) in [5, 5.41) is 8.20. The molecule has 176 valence electrons. The summed E-state index contributed by atoms with van der Waals surface area (Å²) in [5.74, 6) is -2.34. The average molecular weight is 459 g/mol. The second-order valence-corrected chi connectivity index (χ2v) is 9.00. The highest BCUT2D eigenvalue weighted by Gasteiger charge is 2.34. The van der Waals surface area contributed by atoms with Gasteiger partial charge in [0.25, 0.3) is 0 Å². The minimum absolute atomic E-state index is 0.228. The van der Waals surface area contributed by atoms with Crippen LogP contribution in [-0.2, 0) is 10.7 Å². The third kappa shape index (κ3) is 4.50. The molecular formula is C22H28F2N8O. The van der Waals surface area contributed by atoms with Crippen molar-refractivity contribution in [1.29, 1.82) is 0 Å². The first-order valence-electron chi connectivity index (χ1n) is 10.8. The minimum Gasteiger partial charge on any atom is -0.353 e. The van der Waals surface area contributed by atoms with E-state index in [2.05, 4.69) is 51.1 Å². The number of alkyl halides is 2.